The zero-order chi connectivity index (χ0) is 24.0. The van der Waals surface area contributed by atoms with E-state index in [0.717, 1.165) is 39.4 Å². The quantitative estimate of drug-likeness (QED) is 0.139. The van der Waals surface area contributed by atoms with Crippen molar-refractivity contribution in [2.45, 2.75) is 47.5 Å². The molecule has 1 radical (unpaired) electrons. The van der Waals surface area contributed by atoms with Crippen molar-refractivity contribution >= 4 is 5.78 Å². The number of benzene rings is 2. The fraction of sp³-hybridized carbons (Fsp3) is 0.310. The Labute approximate surface area is 216 Å². The number of ketones is 1. The molecule has 4 nitrogen and oxygen atoms in total. The molecule has 0 atom stereocenters. The van der Waals surface area contributed by atoms with Gasteiger partial charge in [-0.05, 0) is 41.6 Å². The molecule has 2 aromatic carbocycles. The Morgan fingerprint density at radius 1 is 1.03 bits per heavy atom. The molecule has 181 valence electrons. The van der Waals surface area contributed by atoms with E-state index in [1.165, 1.54) is 6.08 Å². The van der Waals surface area contributed by atoms with Crippen LogP contribution >= 0.6 is 0 Å². The Morgan fingerprint density at radius 3 is 2.41 bits per heavy atom. The van der Waals surface area contributed by atoms with Gasteiger partial charge in [-0.25, -0.2) is 0 Å². The van der Waals surface area contributed by atoms with E-state index in [1.807, 2.05) is 70.3 Å². The Hall–Kier alpha value is -2.75. The summed E-state index contributed by atoms with van der Waals surface area (Å²) in [5, 5.41) is 9.34. The maximum atomic E-state index is 11.2. The van der Waals surface area contributed by atoms with E-state index in [9.17, 15) is 9.90 Å². The molecule has 0 unspecified atom stereocenters. The molecule has 0 saturated carbocycles. The van der Waals surface area contributed by atoms with E-state index < -0.39 is 0 Å². The van der Waals surface area contributed by atoms with Crippen LogP contribution in [0.5, 0.6) is 11.5 Å². The third-order valence-corrected chi connectivity index (χ3v) is 5.03. The van der Waals surface area contributed by atoms with E-state index >= 15 is 0 Å². The molecule has 0 fully saturated rings. The molecule has 1 aliphatic heterocycles. The monoisotopic (exact) mass is 635 g/mol. The Morgan fingerprint density at radius 2 is 1.71 bits per heavy atom. The van der Waals surface area contributed by atoms with Crippen molar-refractivity contribution in [3.8, 4) is 33.9 Å². The van der Waals surface area contributed by atoms with E-state index in [2.05, 4.69) is 30.1 Å². The van der Waals surface area contributed by atoms with Gasteiger partial charge in [-0.15, -0.1) is 24.3 Å². The topological polar surface area (TPSA) is 59.4 Å². The van der Waals surface area contributed by atoms with Crippen LogP contribution in [0.4, 0.5) is 0 Å². The predicted molar refractivity (Wildman–Crippen MR) is 133 cm³/mol. The summed E-state index contributed by atoms with van der Waals surface area (Å²) in [5.74, 6) is 2.64. The van der Waals surface area contributed by atoms with E-state index in [1.54, 1.807) is 0 Å². The largest absolute Gasteiger partial charge is 0.512 e. The van der Waals surface area contributed by atoms with Crippen LogP contribution < -0.4 is 4.74 Å². The van der Waals surface area contributed by atoms with Crippen LogP contribution in [0.3, 0.4) is 0 Å². The number of pyridine rings is 1. The molecule has 0 amide bonds. The number of ether oxygens (including phenoxy) is 1. The van der Waals surface area contributed by atoms with Gasteiger partial charge in [0, 0.05) is 56.5 Å². The number of para-hydroxylation sites is 1. The molecule has 34 heavy (non-hydrogen) atoms. The summed E-state index contributed by atoms with van der Waals surface area (Å²) in [6.45, 7) is 10.1. The third kappa shape index (κ3) is 7.38. The average molecular weight is 635 g/mol. The van der Waals surface area contributed by atoms with Crippen molar-refractivity contribution in [3.63, 3.8) is 0 Å². The molecule has 0 saturated heterocycles. The van der Waals surface area contributed by atoms with Crippen molar-refractivity contribution in [3.05, 3.63) is 78.2 Å². The van der Waals surface area contributed by atoms with Crippen LogP contribution in [-0.4, -0.2) is 15.9 Å². The molecule has 1 aliphatic rings. The number of allylic oxidation sites excluding steroid dienone is 2. The first-order chi connectivity index (χ1) is 15.7. The molecular formula is C29H32IrNO3-. The van der Waals surface area contributed by atoms with Gasteiger partial charge >= 0.3 is 0 Å². The Balaban J connectivity index is 0.000000258. The van der Waals surface area contributed by atoms with Gasteiger partial charge in [0.25, 0.3) is 0 Å². The SMILES string of the molecule is CC(C)CC(=O)C=C(O)CC(C)C.Cc1cnc2c(c1)-c1ccccc1Oc1ccc[c-]c1-2.[Ir]. The number of carbonyl (C=O) groups is 1. The molecule has 0 spiro atoms. The molecule has 4 rings (SSSR count). The van der Waals surface area contributed by atoms with Crippen LogP contribution in [0.1, 0.15) is 46.1 Å². The van der Waals surface area contributed by atoms with Crippen molar-refractivity contribution < 1.29 is 34.7 Å². The number of hydrogen-bond donors (Lipinski definition) is 1. The number of rotatable bonds is 5. The second-order valence-electron chi connectivity index (χ2n) is 9.21. The maximum Gasteiger partial charge on any atom is 0.159 e. The summed E-state index contributed by atoms with van der Waals surface area (Å²) in [7, 11) is 0. The summed E-state index contributed by atoms with van der Waals surface area (Å²) in [6, 6.07) is 19.3. The van der Waals surface area contributed by atoms with Crippen LogP contribution in [-0.2, 0) is 24.9 Å². The average Bonchev–Trinajstić information content (AvgIpc) is 2.87. The minimum atomic E-state index is 0. The smallest absolute Gasteiger partial charge is 0.159 e. The van der Waals surface area contributed by atoms with E-state index in [4.69, 9.17) is 4.74 Å². The van der Waals surface area contributed by atoms with Crippen molar-refractivity contribution in [1.82, 2.24) is 4.98 Å². The van der Waals surface area contributed by atoms with Gasteiger partial charge < -0.3 is 14.8 Å². The molecule has 2 heterocycles. The van der Waals surface area contributed by atoms with Crippen LogP contribution in [0.15, 0.2) is 66.6 Å². The van der Waals surface area contributed by atoms with Crippen molar-refractivity contribution in [2.24, 2.45) is 11.8 Å². The number of aliphatic hydroxyl groups excluding tert-OH is 1. The second-order valence-corrected chi connectivity index (χ2v) is 9.21. The van der Waals surface area contributed by atoms with Gasteiger partial charge in [0.15, 0.2) is 5.78 Å². The standard InChI is InChI=1S/C18H12NO.C11H20O2.Ir/c1-12-10-15-13-6-2-4-8-16(13)20-17-9-5-3-7-14(17)18(15)19-11-12;1-8(2)5-10(12)7-11(13)6-9(3)4;/h2-6,8-11H,1H3;7-9,12H,5-6H2,1-4H3;/q-1;;. The summed E-state index contributed by atoms with van der Waals surface area (Å²) < 4.78 is 6.05. The first-order valence-electron chi connectivity index (χ1n) is 11.4. The minimum Gasteiger partial charge on any atom is -0.512 e. The summed E-state index contributed by atoms with van der Waals surface area (Å²) in [6.07, 6.45) is 4.35. The number of carbonyl (C=O) groups excluding carboxylic acids is 1. The minimum absolute atomic E-state index is 0. The van der Waals surface area contributed by atoms with E-state index in [0.29, 0.717) is 24.7 Å². The van der Waals surface area contributed by atoms with Crippen LogP contribution in [0.2, 0.25) is 0 Å². The Kier molecular flexibility index (Phi) is 10.2. The van der Waals surface area contributed by atoms with Gasteiger partial charge in [0.1, 0.15) is 5.75 Å². The number of aliphatic hydroxyl groups is 1. The van der Waals surface area contributed by atoms with Gasteiger partial charge in [-0.3, -0.25) is 4.79 Å². The summed E-state index contributed by atoms with van der Waals surface area (Å²) in [4.78, 5) is 15.8. The second kappa shape index (κ2) is 12.6. The molecular weight excluding hydrogens is 603 g/mol. The Bertz CT molecular complexity index is 1150. The first-order valence-corrected chi connectivity index (χ1v) is 11.4. The van der Waals surface area contributed by atoms with Gasteiger partial charge in [0.05, 0.1) is 5.76 Å². The molecule has 0 bridgehead atoms. The van der Waals surface area contributed by atoms with Gasteiger partial charge in [0.2, 0.25) is 0 Å². The molecule has 1 aromatic heterocycles. The summed E-state index contributed by atoms with van der Waals surface area (Å²) >= 11 is 0. The zero-order valence-electron chi connectivity index (χ0n) is 20.4. The number of aromatic nitrogens is 1. The van der Waals surface area contributed by atoms with Crippen LogP contribution in [0.25, 0.3) is 22.4 Å². The van der Waals surface area contributed by atoms with Crippen molar-refractivity contribution in [2.75, 3.05) is 0 Å². The van der Waals surface area contributed by atoms with Gasteiger partial charge in [-0.1, -0.05) is 57.5 Å². The zero-order valence-corrected chi connectivity index (χ0v) is 22.8. The fourth-order valence-electron chi connectivity index (χ4n) is 3.69. The number of nitrogens with zero attached hydrogens (tertiary/aromatic N) is 1. The number of hydrogen-bond acceptors (Lipinski definition) is 4. The van der Waals surface area contributed by atoms with Crippen molar-refractivity contribution in [1.29, 1.82) is 0 Å². The van der Waals surface area contributed by atoms with Crippen LogP contribution in [0, 0.1) is 24.8 Å². The molecule has 0 aliphatic carbocycles. The normalized spacial score (nSPS) is 11.7. The van der Waals surface area contributed by atoms with E-state index in [-0.39, 0.29) is 31.6 Å². The maximum absolute atomic E-state index is 11.2. The third-order valence-electron chi connectivity index (χ3n) is 5.03. The number of fused-ring (bicyclic) bond motifs is 5. The summed E-state index contributed by atoms with van der Waals surface area (Å²) in [5.41, 5.74) is 5.15. The molecule has 1 N–H and O–H groups in total. The predicted octanol–water partition coefficient (Wildman–Crippen LogP) is 7.72. The van der Waals surface area contributed by atoms with Gasteiger partial charge in [-0.2, -0.15) is 0 Å². The molecule has 5 heteroatoms. The number of aryl methyl sites for hydroxylation is 1. The fourth-order valence-corrected chi connectivity index (χ4v) is 3.69. The molecule has 3 aromatic rings. The first kappa shape index (κ1) is 27.5.